The quantitative estimate of drug-likeness (QED) is 0.120. The number of carbonyl (C=O) groups excluding carboxylic acids is 2. The van der Waals surface area contributed by atoms with Crippen LogP contribution in [0.5, 0.6) is 28.7 Å². The van der Waals surface area contributed by atoms with Gasteiger partial charge in [-0.1, -0.05) is 67.3 Å². The van der Waals surface area contributed by atoms with Crippen molar-refractivity contribution in [3.63, 3.8) is 0 Å². The lowest BCUT2D eigenvalue weighted by atomic mass is 9.71. The van der Waals surface area contributed by atoms with E-state index in [4.69, 9.17) is 23.7 Å². The Morgan fingerprint density at radius 2 is 1.72 bits per heavy atom. The first-order chi connectivity index (χ1) is 31.3. The first kappa shape index (κ1) is 44.3. The van der Waals surface area contributed by atoms with Crippen molar-refractivity contribution in [1.82, 2.24) is 20.4 Å². The van der Waals surface area contributed by atoms with E-state index in [1.807, 2.05) is 20.9 Å². The zero-order chi connectivity index (χ0) is 45.9. The number of alkyl carbamates (subject to hydrolysis) is 1. The molecule has 2 bridgehead atoms. The number of rotatable bonds is 12. The number of fused-ring (bicyclic) bond motifs is 12. The minimum absolute atomic E-state index is 0.00113. The number of benzene rings is 4. The molecular weight excluding hydrogens is 843 g/mol. The summed E-state index contributed by atoms with van der Waals surface area (Å²) in [5, 5.41) is 29.3. The summed E-state index contributed by atoms with van der Waals surface area (Å²) >= 11 is 1.60. The predicted octanol–water partition coefficient (Wildman–Crippen LogP) is 7.64. The zero-order valence-electron chi connectivity index (χ0n) is 38.0. The Morgan fingerprint density at radius 3 is 2.38 bits per heavy atom. The second kappa shape index (κ2) is 17.5. The average Bonchev–Trinajstić information content (AvgIpc) is 3.89. The lowest BCUT2D eigenvalue weighted by Crippen LogP contribution is -2.69. The number of methoxy groups -OCH3 is 1. The van der Waals surface area contributed by atoms with Crippen LogP contribution in [-0.2, 0) is 22.4 Å². The fourth-order valence-electron chi connectivity index (χ4n) is 11.1. The van der Waals surface area contributed by atoms with E-state index in [0.29, 0.717) is 41.6 Å². The number of hydrogen-bond acceptors (Lipinski definition) is 12. The minimum Gasteiger partial charge on any atom is -0.504 e. The number of carbonyl (C=O) groups is 2. The molecule has 1 saturated heterocycles. The average molecular weight is 900 g/mol. The van der Waals surface area contributed by atoms with Crippen LogP contribution in [0.2, 0.25) is 0 Å². The number of aromatic hydroxyl groups is 1. The van der Waals surface area contributed by atoms with Gasteiger partial charge >= 0.3 is 6.09 Å². The normalized spacial score (nSPS) is 22.0. The van der Waals surface area contributed by atoms with Crippen LogP contribution in [0.4, 0.5) is 4.79 Å². The maximum atomic E-state index is 14.8. The van der Waals surface area contributed by atoms with Gasteiger partial charge in [0.2, 0.25) is 12.7 Å². The van der Waals surface area contributed by atoms with E-state index in [1.54, 1.807) is 45.7 Å². The Morgan fingerprint density at radius 1 is 1.03 bits per heavy atom. The highest BCUT2D eigenvalue weighted by atomic mass is 32.2. The molecule has 14 heteroatoms. The van der Waals surface area contributed by atoms with Crippen LogP contribution in [-0.4, -0.2) is 102 Å². The van der Waals surface area contributed by atoms with Gasteiger partial charge in [0, 0.05) is 58.3 Å². The van der Waals surface area contributed by atoms with Crippen LogP contribution in [0.15, 0.2) is 67.3 Å². The minimum atomic E-state index is -0.964. The maximum Gasteiger partial charge on any atom is 0.408 e. The number of nitrogens with zero attached hydrogens (tertiary/aromatic N) is 3. The lowest BCUT2D eigenvalue weighted by molar-refractivity contribution is -0.123. The first-order valence-electron chi connectivity index (χ1n) is 22.3. The summed E-state index contributed by atoms with van der Waals surface area (Å²) in [6.07, 6.45) is 1.95. The molecule has 4 heterocycles. The van der Waals surface area contributed by atoms with E-state index in [1.165, 1.54) is 22.3 Å². The van der Waals surface area contributed by atoms with E-state index < -0.39 is 35.7 Å². The van der Waals surface area contributed by atoms with Crippen molar-refractivity contribution in [3.8, 4) is 45.9 Å². The van der Waals surface area contributed by atoms with Gasteiger partial charge in [0.05, 0.1) is 25.3 Å². The fourth-order valence-corrected chi connectivity index (χ4v) is 12.3. The first-order valence-corrected chi connectivity index (χ1v) is 23.4. The number of ether oxygens (including phenoxy) is 5. The standard InChI is InChI=1S/C51H57N5O8S/c1-9-18-61-46-28(3)47-48(63-26-62-47)42-34(46)21-38-43-41-29(19-27(2)45(60-8)44(41)57)20-37(55(43)7)39(22-52)56(38)40(42)23-53-49(58)36(54-50(59)64-51(4,5)6)25-65-24-35-32-16-12-10-14-30(32)31-15-11-13-17-33(31)35/h9-17,19,35-40,43,57H,1,18,20-21,23-26H2,2-8H3,(H,53,58)(H,54,59)/t36-,37+,38?,39-,40-,43+/m0/s1. The van der Waals surface area contributed by atoms with Crippen molar-refractivity contribution in [1.29, 1.82) is 5.26 Å². The third-order valence-corrected chi connectivity index (χ3v) is 14.8. The zero-order valence-corrected chi connectivity index (χ0v) is 38.8. The molecule has 13 nitrogen and oxygen atoms in total. The molecule has 0 spiro atoms. The van der Waals surface area contributed by atoms with Gasteiger partial charge in [0.1, 0.15) is 30.0 Å². The number of nitrogens with one attached hydrogen (secondary N) is 2. The molecular formula is C51H57N5O8S. The Balaban J connectivity index is 1.08. The largest absolute Gasteiger partial charge is 0.504 e. The highest BCUT2D eigenvalue weighted by molar-refractivity contribution is 7.99. The summed E-state index contributed by atoms with van der Waals surface area (Å²) < 4.78 is 30.3. The molecule has 1 unspecified atom stereocenters. The number of phenols is 1. The molecule has 1 fully saturated rings. The number of phenolic OH excluding ortho intramolecular Hbond substituents is 1. The van der Waals surface area contributed by atoms with Crippen LogP contribution in [0.25, 0.3) is 11.1 Å². The number of aryl methyl sites for hydroxylation is 1. The van der Waals surface area contributed by atoms with Gasteiger partial charge in [-0.2, -0.15) is 17.0 Å². The number of amides is 2. The second-order valence-corrected chi connectivity index (χ2v) is 19.6. The van der Waals surface area contributed by atoms with E-state index in [-0.39, 0.29) is 55.5 Å². The Labute approximate surface area is 385 Å². The highest BCUT2D eigenvalue weighted by Crippen LogP contribution is 2.58. The molecule has 5 aliphatic rings. The molecule has 4 aromatic rings. The molecule has 65 heavy (non-hydrogen) atoms. The number of hydrogen-bond donors (Lipinski definition) is 3. The van der Waals surface area contributed by atoms with Crippen LogP contribution >= 0.6 is 11.8 Å². The molecule has 4 aliphatic heterocycles. The van der Waals surface area contributed by atoms with Crippen molar-refractivity contribution in [2.24, 2.45) is 0 Å². The summed E-state index contributed by atoms with van der Waals surface area (Å²) in [5.74, 6) is 2.94. The van der Waals surface area contributed by atoms with Gasteiger partial charge in [-0.05, 0) is 87.9 Å². The Bertz CT molecular complexity index is 2560. The molecule has 1 aliphatic carbocycles. The van der Waals surface area contributed by atoms with Crippen molar-refractivity contribution in [2.45, 2.75) is 95.2 Å². The monoisotopic (exact) mass is 899 g/mol. The fraction of sp³-hybridized carbons (Fsp3) is 0.431. The van der Waals surface area contributed by atoms with Crippen LogP contribution in [0.1, 0.15) is 83.3 Å². The van der Waals surface area contributed by atoms with Crippen molar-refractivity contribution in [3.05, 3.63) is 112 Å². The SMILES string of the molecule is C=CCOc1c(C)c2c(c3c1CC1[C@@H]4c5c(cc(C)c(OC)c5O)C[C@H]([C@H](C#N)N1[C@H]3CNC(=O)[C@H](CSCC1c3ccccc3-c3ccccc31)NC(=O)OC(C)(C)C)N4C)OCO2. The highest BCUT2D eigenvalue weighted by Gasteiger charge is 2.57. The summed E-state index contributed by atoms with van der Waals surface area (Å²) in [4.78, 5) is 32.6. The smallest absolute Gasteiger partial charge is 0.408 e. The maximum absolute atomic E-state index is 14.8. The summed E-state index contributed by atoms with van der Waals surface area (Å²) in [6.45, 7) is 13.4. The number of likely N-dealkylation sites (N-methyl/N-ethyl adjacent to an activating group) is 1. The topological polar surface area (TPSA) is 155 Å². The van der Waals surface area contributed by atoms with Crippen molar-refractivity contribution < 1.29 is 38.4 Å². The second-order valence-electron chi connectivity index (χ2n) is 18.6. The molecule has 3 N–H and O–H groups in total. The van der Waals surface area contributed by atoms with E-state index in [2.05, 4.69) is 87.7 Å². The molecule has 340 valence electrons. The lowest BCUT2D eigenvalue weighted by Gasteiger charge is -2.60. The molecule has 9 rings (SSSR count). The van der Waals surface area contributed by atoms with Gasteiger partial charge in [-0.15, -0.1) is 0 Å². The van der Waals surface area contributed by atoms with Gasteiger partial charge < -0.3 is 39.4 Å². The molecule has 6 atom stereocenters. The molecule has 0 saturated carbocycles. The molecule has 0 radical (unpaired) electrons. The Hall–Kier alpha value is -5.88. The third-order valence-electron chi connectivity index (χ3n) is 13.6. The van der Waals surface area contributed by atoms with Crippen molar-refractivity contribution >= 4 is 23.8 Å². The summed E-state index contributed by atoms with van der Waals surface area (Å²) in [7, 11) is 3.58. The Kier molecular flexibility index (Phi) is 11.9. The van der Waals surface area contributed by atoms with E-state index >= 15 is 0 Å². The van der Waals surface area contributed by atoms with Crippen LogP contribution in [0, 0.1) is 25.2 Å². The number of nitriles is 1. The number of thioether (sulfide) groups is 1. The molecule has 0 aromatic heterocycles. The van der Waals surface area contributed by atoms with Crippen LogP contribution in [0.3, 0.4) is 0 Å². The van der Waals surface area contributed by atoms with Gasteiger partial charge in [0.15, 0.2) is 23.0 Å². The van der Waals surface area contributed by atoms with Crippen molar-refractivity contribution in [2.75, 3.05) is 45.6 Å². The predicted molar refractivity (Wildman–Crippen MR) is 249 cm³/mol. The van der Waals surface area contributed by atoms with Gasteiger partial charge in [-0.25, -0.2) is 4.79 Å². The third kappa shape index (κ3) is 7.71. The summed E-state index contributed by atoms with van der Waals surface area (Å²) in [5.41, 5.74) is 9.12. The van der Waals surface area contributed by atoms with Gasteiger partial charge in [-0.3, -0.25) is 14.6 Å². The molecule has 4 aromatic carbocycles. The summed E-state index contributed by atoms with van der Waals surface area (Å²) in [6, 6.07) is 18.4. The number of piperazine rings is 1. The molecule has 2 amide bonds. The van der Waals surface area contributed by atoms with Crippen LogP contribution < -0.4 is 29.6 Å². The van der Waals surface area contributed by atoms with E-state index in [9.17, 15) is 20.0 Å². The van der Waals surface area contributed by atoms with E-state index in [0.717, 1.165) is 33.4 Å². The van der Waals surface area contributed by atoms with Gasteiger partial charge in [0.25, 0.3) is 0 Å².